The molecule has 0 bridgehead atoms. The highest BCUT2D eigenvalue weighted by molar-refractivity contribution is 14.1. The maximum Gasteiger partial charge on any atom is 0.0162 e. The highest BCUT2D eigenvalue weighted by Gasteiger charge is 1.95. The molecule has 0 N–H and O–H groups in total. The summed E-state index contributed by atoms with van der Waals surface area (Å²) in [6, 6.07) is 8.54. The lowest BCUT2D eigenvalue weighted by atomic mass is 10.1. The van der Waals surface area contributed by atoms with Crippen molar-refractivity contribution in [3.8, 4) is 0 Å². The summed E-state index contributed by atoms with van der Waals surface area (Å²) in [6.45, 7) is 3.71. The largest absolute Gasteiger partial charge is 0.103 e. The molecule has 1 rings (SSSR count). The van der Waals surface area contributed by atoms with Crippen LogP contribution in [0.5, 0.6) is 0 Å². The molecule has 0 aliphatic rings. The van der Waals surface area contributed by atoms with Crippen LogP contribution in [0.1, 0.15) is 18.4 Å². The topological polar surface area (TPSA) is 0 Å². The Morgan fingerprint density at radius 2 is 2.08 bits per heavy atom. The van der Waals surface area contributed by atoms with E-state index in [1.54, 1.807) is 0 Å². The average molecular weight is 272 g/mol. The van der Waals surface area contributed by atoms with Crippen molar-refractivity contribution in [2.45, 2.75) is 19.3 Å². The first-order valence-corrected chi connectivity index (χ1v) is 5.27. The van der Waals surface area contributed by atoms with Crippen LogP contribution in [0.3, 0.4) is 0 Å². The van der Waals surface area contributed by atoms with E-state index in [4.69, 9.17) is 0 Å². The SMILES string of the molecule is C=CCCCc1ccccc1I. The summed E-state index contributed by atoms with van der Waals surface area (Å²) < 4.78 is 1.37. The van der Waals surface area contributed by atoms with Crippen LogP contribution in [0.2, 0.25) is 0 Å². The van der Waals surface area contributed by atoms with Gasteiger partial charge in [-0.2, -0.15) is 0 Å². The van der Waals surface area contributed by atoms with Crippen LogP contribution in [0.4, 0.5) is 0 Å². The first-order valence-electron chi connectivity index (χ1n) is 4.19. The summed E-state index contributed by atoms with van der Waals surface area (Å²) in [7, 11) is 0. The molecule has 0 unspecified atom stereocenters. The van der Waals surface area contributed by atoms with E-state index in [-0.39, 0.29) is 0 Å². The maximum atomic E-state index is 3.71. The smallest absolute Gasteiger partial charge is 0.0162 e. The summed E-state index contributed by atoms with van der Waals surface area (Å²) in [5.74, 6) is 0. The third kappa shape index (κ3) is 2.97. The van der Waals surface area contributed by atoms with E-state index < -0.39 is 0 Å². The number of benzene rings is 1. The quantitative estimate of drug-likeness (QED) is 0.444. The number of allylic oxidation sites excluding steroid dienone is 1. The van der Waals surface area contributed by atoms with Crippen molar-refractivity contribution in [2.24, 2.45) is 0 Å². The molecule has 1 aromatic rings. The molecule has 0 radical (unpaired) electrons. The molecule has 0 saturated carbocycles. The third-order valence-corrected chi connectivity index (χ3v) is 2.86. The van der Waals surface area contributed by atoms with Gasteiger partial charge in [-0.3, -0.25) is 0 Å². The van der Waals surface area contributed by atoms with Gasteiger partial charge in [0, 0.05) is 3.57 Å². The number of hydrogen-bond donors (Lipinski definition) is 0. The number of unbranched alkanes of at least 4 members (excludes halogenated alkanes) is 1. The van der Waals surface area contributed by atoms with Gasteiger partial charge in [-0.05, 0) is 53.5 Å². The Balaban J connectivity index is 2.51. The third-order valence-electron chi connectivity index (χ3n) is 1.81. The molecular weight excluding hydrogens is 259 g/mol. The Hall–Kier alpha value is -0.310. The highest BCUT2D eigenvalue weighted by Crippen LogP contribution is 2.13. The molecule has 0 heterocycles. The number of rotatable bonds is 4. The first-order chi connectivity index (χ1) is 5.84. The van der Waals surface area contributed by atoms with Crippen molar-refractivity contribution in [1.82, 2.24) is 0 Å². The van der Waals surface area contributed by atoms with Gasteiger partial charge in [0.05, 0.1) is 0 Å². The number of aryl methyl sites for hydroxylation is 1. The van der Waals surface area contributed by atoms with E-state index in [2.05, 4.69) is 53.4 Å². The van der Waals surface area contributed by atoms with Crippen molar-refractivity contribution in [2.75, 3.05) is 0 Å². The van der Waals surface area contributed by atoms with Gasteiger partial charge in [0.2, 0.25) is 0 Å². The van der Waals surface area contributed by atoms with E-state index >= 15 is 0 Å². The van der Waals surface area contributed by atoms with Crippen LogP contribution in [0.25, 0.3) is 0 Å². The summed E-state index contributed by atoms with van der Waals surface area (Å²) in [6.07, 6.45) is 5.48. The van der Waals surface area contributed by atoms with Crippen molar-refractivity contribution in [1.29, 1.82) is 0 Å². The lowest BCUT2D eigenvalue weighted by Gasteiger charge is -2.01. The van der Waals surface area contributed by atoms with Crippen LogP contribution < -0.4 is 0 Å². The van der Waals surface area contributed by atoms with Gasteiger partial charge in [0.1, 0.15) is 0 Å². The van der Waals surface area contributed by atoms with Crippen LogP contribution in [-0.4, -0.2) is 0 Å². The molecule has 0 spiro atoms. The van der Waals surface area contributed by atoms with Gasteiger partial charge in [-0.25, -0.2) is 0 Å². The molecule has 12 heavy (non-hydrogen) atoms. The Labute approximate surface area is 87.8 Å². The fourth-order valence-electron chi connectivity index (χ4n) is 1.14. The highest BCUT2D eigenvalue weighted by atomic mass is 127. The van der Waals surface area contributed by atoms with Crippen LogP contribution in [0.15, 0.2) is 36.9 Å². The summed E-state index contributed by atoms with van der Waals surface area (Å²) >= 11 is 2.39. The second-order valence-electron chi connectivity index (χ2n) is 2.77. The van der Waals surface area contributed by atoms with Gasteiger partial charge in [-0.15, -0.1) is 6.58 Å². The molecule has 64 valence electrons. The van der Waals surface area contributed by atoms with Gasteiger partial charge < -0.3 is 0 Å². The molecule has 1 aromatic carbocycles. The summed E-state index contributed by atoms with van der Waals surface area (Å²) in [5.41, 5.74) is 1.46. The lowest BCUT2D eigenvalue weighted by molar-refractivity contribution is 0.841. The van der Waals surface area contributed by atoms with Gasteiger partial charge in [-0.1, -0.05) is 24.3 Å². The van der Waals surface area contributed by atoms with Crippen molar-refractivity contribution < 1.29 is 0 Å². The molecule has 0 atom stereocenters. The Morgan fingerprint density at radius 1 is 1.33 bits per heavy atom. The molecule has 0 fully saturated rings. The normalized spacial score (nSPS) is 9.75. The zero-order chi connectivity index (χ0) is 8.81. The fourth-order valence-corrected chi connectivity index (χ4v) is 1.80. The molecule has 0 aliphatic carbocycles. The molecule has 1 heteroatoms. The van der Waals surface area contributed by atoms with Crippen molar-refractivity contribution in [3.05, 3.63) is 46.1 Å². The monoisotopic (exact) mass is 272 g/mol. The van der Waals surface area contributed by atoms with Crippen LogP contribution in [0, 0.1) is 3.57 Å². The minimum absolute atomic E-state index is 1.12. The van der Waals surface area contributed by atoms with Gasteiger partial charge in [0.25, 0.3) is 0 Å². The van der Waals surface area contributed by atoms with Crippen molar-refractivity contribution >= 4 is 22.6 Å². The lowest BCUT2D eigenvalue weighted by Crippen LogP contribution is -1.87. The Bertz CT molecular complexity index is 253. The minimum atomic E-state index is 1.12. The van der Waals surface area contributed by atoms with Gasteiger partial charge >= 0.3 is 0 Å². The van der Waals surface area contributed by atoms with Crippen LogP contribution in [-0.2, 0) is 6.42 Å². The minimum Gasteiger partial charge on any atom is -0.103 e. The predicted octanol–water partition coefficient (Wildman–Crippen LogP) is 3.80. The molecule has 0 saturated heterocycles. The standard InChI is InChI=1S/C11H13I/c1-2-3-4-7-10-8-5-6-9-11(10)12/h2,5-6,8-9H,1,3-4,7H2. The molecule has 0 aromatic heterocycles. The predicted molar refractivity (Wildman–Crippen MR) is 62.3 cm³/mol. The van der Waals surface area contributed by atoms with Crippen LogP contribution >= 0.6 is 22.6 Å². The molecular formula is C11H13I. The Morgan fingerprint density at radius 3 is 2.75 bits per heavy atom. The summed E-state index contributed by atoms with van der Waals surface area (Å²) in [5, 5.41) is 0. The molecule has 0 aliphatic heterocycles. The fraction of sp³-hybridized carbons (Fsp3) is 0.273. The number of hydrogen-bond acceptors (Lipinski definition) is 0. The van der Waals surface area contributed by atoms with E-state index in [0.29, 0.717) is 0 Å². The zero-order valence-corrected chi connectivity index (χ0v) is 9.25. The molecule has 0 nitrogen and oxygen atoms in total. The second-order valence-corrected chi connectivity index (χ2v) is 3.93. The maximum absolute atomic E-state index is 3.71. The van der Waals surface area contributed by atoms with Crippen molar-refractivity contribution in [3.63, 3.8) is 0 Å². The van der Waals surface area contributed by atoms with Gasteiger partial charge in [0.15, 0.2) is 0 Å². The average Bonchev–Trinajstić information content (AvgIpc) is 2.09. The van der Waals surface area contributed by atoms with E-state index in [0.717, 1.165) is 6.42 Å². The first kappa shape index (κ1) is 9.78. The van der Waals surface area contributed by atoms with E-state index in [1.165, 1.54) is 22.0 Å². The molecule has 0 amide bonds. The number of halogens is 1. The van der Waals surface area contributed by atoms with E-state index in [1.807, 2.05) is 6.08 Å². The second kappa shape index (κ2) is 5.36. The zero-order valence-electron chi connectivity index (χ0n) is 7.09. The summed E-state index contributed by atoms with van der Waals surface area (Å²) in [4.78, 5) is 0. The Kier molecular flexibility index (Phi) is 4.36. The van der Waals surface area contributed by atoms with E-state index in [9.17, 15) is 0 Å².